The van der Waals surface area contributed by atoms with Crippen molar-refractivity contribution in [2.24, 2.45) is 0 Å². The first kappa shape index (κ1) is 17.8. The van der Waals surface area contributed by atoms with Gasteiger partial charge in [-0.05, 0) is 23.3 Å². The Kier molecular flexibility index (Phi) is 5.70. The number of hydrogen-bond acceptors (Lipinski definition) is 5. The van der Waals surface area contributed by atoms with Gasteiger partial charge in [-0.2, -0.15) is 0 Å². The number of hydrogen-bond donors (Lipinski definition) is 3. The van der Waals surface area contributed by atoms with Crippen LogP contribution in [0.1, 0.15) is 11.1 Å². The number of nitrogens with one attached hydrogen (secondary N) is 2. The molecule has 2 aromatic carbocycles. The zero-order chi connectivity index (χ0) is 18.4. The fraction of sp³-hybridized carbons (Fsp3) is 0.263. The van der Waals surface area contributed by atoms with E-state index in [1.807, 2.05) is 36.4 Å². The van der Waals surface area contributed by atoms with Gasteiger partial charge in [0.15, 0.2) is 11.5 Å². The van der Waals surface area contributed by atoms with Gasteiger partial charge in [0.2, 0.25) is 18.6 Å². The van der Waals surface area contributed by atoms with Crippen molar-refractivity contribution in [2.75, 3.05) is 13.4 Å². The van der Waals surface area contributed by atoms with Crippen LogP contribution < -0.4 is 20.1 Å². The van der Waals surface area contributed by atoms with Gasteiger partial charge in [-0.3, -0.25) is 9.59 Å². The first-order chi connectivity index (χ1) is 12.7. The predicted octanol–water partition coefficient (Wildman–Crippen LogP) is 0.751. The van der Waals surface area contributed by atoms with Gasteiger partial charge in [-0.15, -0.1) is 0 Å². The Balaban J connectivity index is 1.51. The summed E-state index contributed by atoms with van der Waals surface area (Å²) in [6, 6.07) is 13.6. The molecule has 0 fully saturated rings. The molecule has 0 bridgehead atoms. The second-order valence-corrected chi connectivity index (χ2v) is 5.87. The predicted molar refractivity (Wildman–Crippen MR) is 93.6 cm³/mol. The monoisotopic (exact) mass is 356 g/mol. The molecule has 0 aliphatic carbocycles. The van der Waals surface area contributed by atoms with E-state index < -0.39 is 18.6 Å². The standard InChI is InChI=1S/C19H20N2O5/c22-11-15(21-18(23)9-13-4-2-1-3-5-13)19(24)20-10-14-6-7-16-17(8-14)26-12-25-16/h1-8,15,22H,9-12H2,(H,20,24)(H,21,23)/t15-/m0/s1. The van der Waals surface area contributed by atoms with Crippen LogP contribution in [-0.2, 0) is 22.6 Å². The van der Waals surface area contributed by atoms with Crippen molar-refractivity contribution in [1.29, 1.82) is 0 Å². The summed E-state index contributed by atoms with van der Waals surface area (Å²) in [5.41, 5.74) is 1.66. The topological polar surface area (TPSA) is 96.9 Å². The molecule has 2 aromatic rings. The molecule has 136 valence electrons. The number of aliphatic hydroxyl groups excluding tert-OH is 1. The van der Waals surface area contributed by atoms with E-state index in [-0.39, 0.29) is 25.7 Å². The minimum absolute atomic E-state index is 0.146. The Morgan fingerprint density at radius 2 is 1.81 bits per heavy atom. The van der Waals surface area contributed by atoms with Gasteiger partial charge in [-0.1, -0.05) is 36.4 Å². The van der Waals surface area contributed by atoms with Crippen LogP contribution in [0.4, 0.5) is 0 Å². The van der Waals surface area contributed by atoms with Gasteiger partial charge in [0.05, 0.1) is 13.0 Å². The van der Waals surface area contributed by atoms with E-state index in [4.69, 9.17) is 9.47 Å². The van der Waals surface area contributed by atoms with E-state index in [0.29, 0.717) is 11.5 Å². The van der Waals surface area contributed by atoms with E-state index in [0.717, 1.165) is 11.1 Å². The summed E-state index contributed by atoms with van der Waals surface area (Å²) in [6.07, 6.45) is 0.146. The van der Waals surface area contributed by atoms with Crippen molar-refractivity contribution in [3.8, 4) is 11.5 Å². The van der Waals surface area contributed by atoms with Crippen molar-refractivity contribution in [3.05, 3.63) is 59.7 Å². The SMILES string of the molecule is O=C(Cc1ccccc1)N[C@@H](CO)C(=O)NCc1ccc2c(c1)OCO2. The van der Waals surface area contributed by atoms with Crippen LogP contribution in [0.15, 0.2) is 48.5 Å². The van der Waals surface area contributed by atoms with Crippen LogP contribution in [0, 0.1) is 0 Å². The third-order valence-electron chi connectivity index (χ3n) is 3.95. The Labute approximate surface area is 150 Å². The molecule has 0 spiro atoms. The highest BCUT2D eigenvalue weighted by Crippen LogP contribution is 2.32. The van der Waals surface area contributed by atoms with Crippen LogP contribution in [0.2, 0.25) is 0 Å². The largest absolute Gasteiger partial charge is 0.454 e. The lowest BCUT2D eigenvalue weighted by Crippen LogP contribution is -2.49. The highest BCUT2D eigenvalue weighted by molar-refractivity contribution is 5.88. The number of ether oxygens (including phenoxy) is 2. The third kappa shape index (κ3) is 4.52. The second-order valence-electron chi connectivity index (χ2n) is 5.87. The summed E-state index contributed by atoms with van der Waals surface area (Å²) in [5, 5.41) is 14.7. The average Bonchev–Trinajstić information content (AvgIpc) is 3.12. The lowest BCUT2D eigenvalue weighted by atomic mass is 10.1. The molecule has 0 aromatic heterocycles. The summed E-state index contributed by atoms with van der Waals surface area (Å²) in [5.74, 6) is 0.521. The molecule has 26 heavy (non-hydrogen) atoms. The van der Waals surface area contributed by atoms with Crippen LogP contribution >= 0.6 is 0 Å². The first-order valence-corrected chi connectivity index (χ1v) is 8.26. The zero-order valence-corrected chi connectivity index (χ0v) is 14.1. The fourth-order valence-electron chi connectivity index (χ4n) is 2.58. The fourth-order valence-corrected chi connectivity index (χ4v) is 2.58. The van der Waals surface area contributed by atoms with Gasteiger partial charge < -0.3 is 25.2 Å². The molecule has 1 heterocycles. The maximum atomic E-state index is 12.2. The van der Waals surface area contributed by atoms with Gasteiger partial charge in [-0.25, -0.2) is 0 Å². The third-order valence-corrected chi connectivity index (χ3v) is 3.95. The molecule has 1 atom stereocenters. The molecule has 1 aliphatic rings. The minimum atomic E-state index is -1.000. The Morgan fingerprint density at radius 1 is 1.04 bits per heavy atom. The number of benzene rings is 2. The smallest absolute Gasteiger partial charge is 0.245 e. The second kappa shape index (κ2) is 8.35. The maximum absolute atomic E-state index is 12.2. The van der Waals surface area contributed by atoms with Crippen LogP contribution in [-0.4, -0.2) is 36.4 Å². The zero-order valence-electron chi connectivity index (χ0n) is 14.1. The molecule has 0 saturated heterocycles. The summed E-state index contributed by atoms with van der Waals surface area (Å²) < 4.78 is 10.5. The van der Waals surface area contributed by atoms with Gasteiger partial charge in [0.1, 0.15) is 6.04 Å². The first-order valence-electron chi connectivity index (χ1n) is 8.26. The van der Waals surface area contributed by atoms with E-state index in [2.05, 4.69) is 10.6 Å². The molecule has 1 aliphatic heterocycles. The number of rotatable bonds is 7. The Bertz CT molecular complexity index is 779. The number of amides is 2. The van der Waals surface area contributed by atoms with E-state index in [1.54, 1.807) is 12.1 Å². The summed E-state index contributed by atoms with van der Waals surface area (Å²) >= 11 is 0. The highest BCUT2D eigenvalue weighted by Gasteiger charge is 2.20. The van der Waals surface area contributed by atoms with Crippen molar-refractivity contribution in [1.82, 2.24) is 10.6 Å². The lowest BCUT2D eigenvalue weighted by molar-refractivity contribution is -0.129. The van der Waals surface area contributed by atoms with E-state index in [1.165, 1.54) is 0 Å². The van der Waals surface area contributed by atoms with Crippen LogP contribution in [0.3, 0.4) is 0 Å². The number of carbonyl (C=O) groups excluding carboxylic acids is 2. The average molecular weight is 356 g/mol. The Morgan fingerprint density at radius 3 is 2.58 bits per heavy atom. The molecule has 2 amide bonds. The van der Waals surface area contributed by atoms with Crippen LogP contribution in [0.5, 0.6) is 11.5 Å². The number of fused-ring (bicyclic) bond motifs is 1. The molecule has 3 rings (SSSR count). The van der Waals surface area contributed by atoms with Gasteiger partial charge >= 0.3 is 0 Å². The summed E-state index contributed by atoms with van der Waals surface area (Å²) in [4.78, 5) is 24.3. The number of aliphatic hydroxyl groups is 1. The lowest BCUT2D eigenvalue weighted by Gasteiger charge is -2.16. The summed E-state index contributed by atoms with van der Waals surface area (Å²) in [7, 11) is 0. The van der Waals surface area contributed by atoms with E-state index >= 15 is 0 Å². The van der Waals surface area contributed by atoms with Crippen molar-refractivity contribution >= 4 is 11.8 Å². The molecular weight excluding hydrogens is 336 g/mol. The molecule has 7 nitrogen and oxygen atoms in total. The quantitative estimate of drug-likeness (QED) is 0.680. The molecule has 0 saturated carbocycles. The normalized spacial score (nSPS) is 13.1. The summed E-state index contributed by atoms with van der Waals surface area (Å²) in [6.45, 7) is -0.0425. The van der Waals surface area contributed by atoms with Crippen molar-refractivity contribution in [3.63, 3.8) is 0 Å². The van der Waals surface area contributed by atoms with E-state index in [9.17, 15) is 14.7 Å². The van der Waals surface area contributed by atoms with Gasteiger partial charge in [0, 0.05) is 6.54 Å². The van der Waals surface area contributed by atoms with Gasteiger partial charge in [0.25, 0.3) is 0 Å². The van der Waals surface area contributed by atoms with Crippen molar-refractivity contribution < 1.29 is 24.2 Å². The molecular formula is C19H20N2O5. The molecule has 3 N–H and O–H groups in total. The maximum Gasteiger partial charge on any atom is 0.245 e. The molecule has 0 unspecified atom stereocenters. The molecule has 0 radical (unpaired) electrons. The highest BCUT2D eigenvalue weighted by atomic mass is 16.7. The number of carbonyl (C=O) groups is 2. The van der Waals surface area contributed by atoms with Crippen LogP contribution in [0.25, 0.3) is 0 Å². The van der Waals surface area contributed by atoms with Crippen molar-refractivity contribution in [2.45, 2.75) is 19.0 Å². The Hall–Kier alpha value is -3.06. The molecule has 7 heteroatoms. The minimum Gasteiger partial charge on any atom is -0.454 e.